The lowest BCUT2D eigenvalue weighted by Crippen LogP contribution is -2.48. The molecule has 5 rings (SSSR count). The fraction of sp³-hybridized carbons (Fsp3) is 0.481. The second-order valence-corrected chi connectivity index (χ2v) is 11.9. The summed E-state index contributed by atoms with van der Waals surface area (Å²) < 4.78 is 38.8. The third-order valence-electron chi connectivity index (χ3n) is 7.51. The molecule has 0 radical (unpaired) electrons. The van der Waals surface area contributed by atoms with Gasteiger partial charge in [0.05, 0.1) is 30.8 Å². The average Bonchev–Trinajstić information content (AvgIpc) is 3.55. The minimum Gasteiger partial charge on any atom is -0.497 e. The van der Waals surface area contributed by atoms with Crippen LogP contribution in [0.2, 0.25) is 0 Å². The number of nitrogens with zero attached hydrogens (tertiary/aromatic N) is 2. The van der Waals surface area contributed by atoms with Crippen molar-refractivity contribution in [2.75, 3.05) is 20.2 Å². The van der Waals surface area contributed by atoms with Crippen LogP contribution in [0.3, 0.4) is 0 Å². The van der Waals surface area contributed by atoms with Crippen molar-refractivity contribution in [1.82, 2.24) is 9.62 Å². The summed E-state index contributed by atoms with van der Waals surface area (Å²) in [7, 11) is -2.08. The van der Waals surface area contributed by atoms with Crippen LogP contribution < -0.4 is 10.1 Å². The molecule has 1 amide bonds. The number of benzene rings is 2. The van der Waals surface area contributed by atoms with Gasteiger partial charge in [-0.05, 0) is 49.1 Å². The molecule has 1 saturated heterocycles. The van der Waals surface area contributed by atoms with Crippen LogP contribution in [0.4, 0.5) is 0 Å². The van der Waals surface area contributed by atoms with Gasteiger partial charge < -0.3 is 19.6 Å². The summed E-state index contributed by atoms with van der Waals surface area (Å²) in [5.74, 6) is 0.371. The Bertz CT molecular complexity index is 1220. The first kappa shape index (κ1) is 25.7. The van der Waals surface area contributed by atoms with Crippen LogP contribution in [-0.4, -0.2) is 62.3 Å². The Morgan fingerprint density at radius 1 is 1.11 bits per heavy atom. The third-order valence-corrected chi connectivity index (χ3v) is 9.42. The number of carbonyl (C=O) groups excluding carboxylic acids is 1. The largest absolute Gasteiger partial charge is 0.497 e. The Balaban J connectivity index is 1.13. The average molecular weight is 528 g/mol. The van der Waals surface area contributed by atoms with E-state index in [9.17, 15) is 13.2 Å². The molecular weight excluding hydrogens is 494 g/mol. The van der Waals surface area contributed by atoms with E-state index in [0.29, 0.717) is 50.4 Å². The Labute approximate surface area is 217 Å². The zero-order valence-electron chi connectivity index (χ0n) is 21.0. The van der Waals surface area contributed by atoms with Gasteiger partial charge in [0.25, 0.3) is 5.91 Å². The van der Waals surface area contributed by atoms with Gasteiger partial charge in [0.1, 0.15) is 17.1 Å². The topological polar surface area (TPSA) is 107 Å². The molecule has 198 valence electrons. The van der Waals surface area contributed by atoms with Gasteiger partial charge in [0.15, 0.2) is 0 Å². The standard InChI is InChI=1S/C27H33N3O6S/c1-34-21-10-12-22(13-11-21)37(32,33)30-16-14-27(15-17-30)18-24(29-36-27)26(31)28-23-8-5-9-25(23)35-19-20-6-3-2-4-7-20/h2-4,6-7,10-13,23,25H,5,8-9,14-19H2,1H3,(H,28,31). The van der Waals surface area contributed by atoms with Crippen molar-refractivity contribution in [2.45, 2.75) is 67.8 Å². The van der Waals surface area contributed by atoms with Crippen molar-refractivity contribution < 1.29 is 27.5 Å². The predicted molar refractivity (Wildman–Crippen MR) is 138 cm³/mol. The third kappa shape index (κ3) is 5.66. The van der Waals surface area contributed by atoms with Gasteiger partial charge in [-0.15, -0.1) is 0 Å². The van der Waals surface area contributed by atoms with Gasteiger partial charge in [-0.1, -0.05) is 35.5 Å². The van der Waals surface area contributed by atoms with Crippen LogP contribution in [0.5, 0.6) is 5.75 Å². The zero-order valence-corrected chi connectivity index (χ0v) is 21.8. The molecule has 10 heteroatoms. The van der Waals surface area contributed by atoms with Crippen LogP contribution in [0.25, 0.3) is 0 Å². The summed E-state index contributed by atoms with van der Waals surface area (Å²) in [6.07, 6.45) is 4.04. The summed E-state index contributed by atoms with van der Waals surface area (Å²) in [5, 5.41) is 7.22. The minimum absolute atomic E-state index is 0.0348. The van der Waals surface area contributed by atoms with Gasteiger partial charge in [0.2, 0.25) is 10.0 Å². The summed E-state index contributed by atoms with van der Waals surface area (Å²) in [5.41, 5.74) is 0.827. The molecule has 3 aliphatic rings. The highest BCUT2D eigenvalue weighted by Crippen LogP contribution is 2.36. The number of nitrogens with one attached hydrogen (secondary N) is 1. The lowest BCUT2D eigenvalue weighted by atomic mass is 9.87. The van der Waals surface area contributed by atoms with E-state index < -0.39 is 15.6 Å². The van der Waals surface area contributed by atoms with E-state index in [2.05, 4.69) is 10.5 Å². The molecule has 0 aromatic heterocycles. The lowest BCUT2D eigenvalue weighted by Gasteiger charge is -2.36. The molecule has 1 aliphatic carbocycles. The Kier molecular flexibility index (Phi) is 7.50. The summed E-state index contributed by atoms with van der Waals surface area (Å²) >= 11 is 0. The van der Waals surface area contributed by atoms with E-state index in [-0.39, 0.29) is 22.9 Å². The maximum atomic E-state index is 13.1. The van der Waals surface area contributed by atoms with Gasteiger partial charge in [0, 0.05) is 32.4 Å². The molecule has 9 nitrogen and oxygen atoms in total. The Hall–Kier alpha value is -2.95. The van der Waals surface area contributed by atoms with Crippen molar-refractivity contribution in [3.8, 4) is 5.75 Å². The van der Waals surface area contributed by atoms with E-state index in [0.717, 1.165) is 24.8 Å². The number of amides is 1. The van der Waals surface area contributed by atoms with Crippen LogP contribution in [0.1, 0.15) is 44.1 Å². The van der Waals surface area contributed by atoms with E-state index in [1.54, 1.807) is 24.3 Å². The molecule has 2 aliphatic heterocycles. The van der Waals surface area contributed by atoms with Crippen LogP contribution in [0, 0.1) is 0 Å². The van der Waals surface area contributed by atoms with Crippen LogP contribution in [0.15, 0.2) is 64.6 Å². The van der Waals surface area contributed by atoms with Crippen molar-refractivity contribution in [1.29, 1.82) is 0 Å². The Morgan fingerprint density at radius 3 is 2.54 bits per heavy atom. The second kappa shape index (κ2) is 10.8. The zero-order chi connectivity index (χ0) is 25.9. The summed E-state index contributed by atoms with van der Waals surface area (Å²) in [6.45, 7) is 1.12. The number of sulfonamides is 1. The molecule has 1 spiro atoms. The summed E-state index contributed by atoms with van der Waals surface area (Å²) in [4.78, 5) is 19.0. The van der Waals surface area contributed by atoms with Crippen LogP contribution >= 0.6 is 0 Å². The van der Waals surface area contributed by atoms with E-state index in [1.807, 2.05) is 30.3 Å². The normalized spacial score (nSPS) is 23.4. The number of rotatable bonds is 8. The number of ether oxygens (including phenoxy) is 2. The maximum absolute atomic E-state index is 13.1. The molecule has 1 N–H and O–H groups in total. The molecule has 2 aromatic rings. The van der Waals surface area contributed by atoms with Crippen molar-refractivity contribution >= 4 is 21.6 Å². The number of hydrogen-bond donors (Lipinski definition) is 1. The molecular formula is C27H33N3O6S. The smallest absolute Gasteiger partial charge is 0.269 e. The highest BCUT2D eigenvalue weighted by molar-refractivity contribution is 7.89. The maximum Gasteiger partial charge on any atom is 0.269 e. The molecule has 2 atom stereocenters. The van der Waals surface area contributed by atoms with Crippen LogP contribution in [-0.2, 0) is 31.0 Å². The summed E-state index contributed by atoms with van der Waals surface area (Å²) in [6, 6.07) is 16.3. The van der Waals surface area contributed by atoms with E-state index >= 15 is 0 Å². The van der Waals surface area contributed by atoms with Gasteiger partial charge in [-0.25, -0.2) is 8.42 Å². The van der Waals surface area contributed by atoms with Gasteiger partial charge in [-0.2, -0.15) is 4.31 Å². The first-order valence-corrected chi connectivity index (χ1v) is 14.2. The monoisotopic (exact) mass is 527 g/mol. The second-order valence-electron chi connectivity index (χ2n) is 9.91. The molecule has 37 heavy (non-hydrogen) atoms. The van der Waals surface area contributed by atoms with E-state index in [1.165, 1.54) is 11.4 Å². The number of methoxy groups -OCH3 is 1. The van der Waals surface area contributed by atoms with Crippen molar-refractivity contribution in [3.05, 3.63) is 60.2 Å². The Morgan fingerprint density at radius 2 is 1.84 bits per heavy atom. The SMILES string of the molecule is COc1ccc(S(=O)(=O)N2CCC3(CC2)CC(C(=O)NC2CCCC2OCc2ccccc2)=NO3)cc1. The molecule has 2 heterocycles. The fourth-order valence-corrected chi connectivity index (χ4v) is 6.70. The van der Waals surface area contributed by atoms with Gasteiger partial charge in [-0.3, -0.25) is 4.79 Å². The minimum atomic E-state index is -3.62. The number of carbonyl (C=O) groups is 1. The molecule has 2 aromatic carbocycles. The molecule has 2 fully saturated rings. The lowest BCUT2D eigenvalue weighted by molar-refractivity contribution is -0.116. The first-order valence-electron chi connectivity index (χ1n) is 12.7. The highest BCUT2D eigenvalue weighted by atomic mass is 32.2. The predicted octanol–water partition coefficient (Wildman–Crippen LogP) is 3.25. The highest BCUT2D eigenvalue weighted by Gasteiger charge is 2.46. The number of hydrogen-bond acceptors (Lipinski definition) is 7. The number of piperidine rings is 1. The number of oxime groups is 1. The fourth-order valence-electron chi connectivity index (χ4n) is 5.26. The van der Waals surface area contributed by atoms with Crippen molar-refractivity contribution in [2.24, 2.45) is 5.16 Å². The quantitative estimate of drug-likeness (QED) is 0.565. The first-order chi connectivity index (χ1) is 17.9. The van der Waals surface area contributed by atoms with Crippen molar-refractivity contribution in [3.63, 3.8) is 0 Å². The molecule has 2 unspecified atom stereocenters. The van der Waals surface area contributed by atoms with E-state index in [4.69, 9.17) is 14.3 Å². The van der Waals surface area contributed by atoms with Gasteiger partial charge >= 0.3 is 0 Å². The molecule has 1 saturated carbocycles. The molecule has 0 bridgehead atoms.